The molecule has 0 aliphatic rings. The third-order valence-corrected chi connectivity index (χ3v) is 3.27. The van der Waals surface area contributed by atoms with E-state index in [1.54, 1.807) is 0 Å². The predicted octanol–water partition coefficient (Wildman–Crippen LogP) is 2.14. The molecule has 0 radical (unpaired) electrons. The Kier molecular flexibility index (Phi) is 4.76. The van der Waals surface area contributed by atoms with Gasteiger partial charge >= 0.3 is 5.97 Å². The molecular formula is C11H13FO3S. The molecule has 16 heavy (non-hydrogen) atoms. The summed E-state index contributed by atoms with van der Waals surface area (Å²) in [5.74, 6) is -1.13. The van der Waals surface area contributed by atoms with Crippen molar-refractivity contribution in [2.45, 2.75) is 17.9 Å². The van der Waals surface area contributed by atoms with E-state index in [-0.39, 0.29) is 17.4 Å². The quantitative estimate of drug-likeness (QED) is 0.833. The highest BCUT2D eigenvalue weighted by molar-refractivity contribution is 7.99. The van der Waals surface area contributed by atoms with E-state index in [0.717, 1.165) is 6.07 Å². The van der Waals surface area contributed by atoms with Gasteiger partial charge in [-0.3, -0.25) is 0 Å². The summed E-state index contributed by atoms with van der Waals surface area (Å²) in [6.45, 7) is 1.84. The molecule has 0 heterocycles. The molecule has 1 atom stereocenters. The predicted molar refractivity (Wildman–Crippen MR) is 61.2 cm³/mol. The van der Waals surface area contributed by atoms with E-state index in [9.17, 15) is 9.18 Å². The number of rotatable bonds is 5. The van der Waals surface area contributed by atoms with Crippen molar-refractivity contribution in [2.24, 2.45) is 0 Å². The topological polar surface area (TPSA) is 57.5 Å². The average Bonchev–Trinajstić information content (AvgIpc) is 2.25. The summed E-state index contributed by atoms with van der Waals surface area (Å²) < 4.78 is 13.0. The van der Waals surface area contributed by atoms with E-state index in [4.69, 9.17) is 10.2 Å². The molecule has 0 aliphatic carbocycles. The number of hydrogen-bond acceptors (Lipinski definition) is 3. The number of carboxylic acid groups (broad SMARTS) is 1. The van der Waals surface area contributed by atoms with Gasteiger partial charge in [0.1, 0.15) is 5.82 Å². The van der Waals surface area contributed by atoms with Gasteiger partial charge in [0.15, 0.2) is 0 Å². The van der Waals surface area contributed by atoms with E-state index in [0.29, 0.717) is 11.3 Å². The van der Waals surface area contributed by atoms with Crippen molar-refractivity contribution < 1.29 is 19.4 Å². The fraction of sp³-hybridized carbons (Fsp3) is 0.364. The molecule has 0 fully saturated rings. The first-order valence-corrected chi connectivity index (χ1v) is 5.83. The van der Waals surface area contributed by atoms with Crippen LogP contribution < -0.4 is 0 Å². The molecule has 0 aliphatic heterocycles. The van der Waals surface area contributed by atoms with Gasteiger partial charge in [-0.1, -0.05) is 6.92 Å². The van der Waals surface area contributed by atoms with Gasteiger partial charge in [-0.25, -0.2) is 9.18 Å². The summed E-state index contributed by atoms with van der Waals surface area (Å²) in [5.41, 5.74) is 0.553. The number of hydrogen-bond donors (Lipinski definition) is 2. The van der Waals surface area contributed by atoms with E-state index >= 15 is 0 Å². The SMILES string of the molecule is CC(CO)SCc1cc(F)ccc1C(=O)O. The molecule has 0 amide bonds. The minimum Gasteiger partial charge on any atom is -0.478 e. The fourth-order valence-corrected chi connectivity index (χ4v) is 1.98. The van der Waals surface area contributed by atoms with Crippen LogP contribution in [-0.4, -0.2) is 28.0 Å². The van der Waals surface area contributed by atoms with Crippen LogP contribution in [0.15, 0.2) is 18.2 Å². The van der Waals surface area contributed by atoms with Crippen molar-refractivity contribution in [2.75, 3.05) is 6.61 Å². The van der Waals surface area contributed by atoms with E-state index in [1.165, 1.54) is 23.9 Å². The maximum Gasteiger partial charge on any atom is 0.335 e. The summed E-state index contributed by atoms with van der Waals surface area (Å²) in [6, 6.07) is 3.62. The molecular weight excluding hydrogens is 231 g/mol. The Morgan fingerprint density at radius 1 is 1.56 bits per heavy atom. The first kappa shape index (κ1) is 13.0. The second-order valence-electron chi connectivity index (χ2n) is 3.41. The fourth-order valence-electron chi connectivity index (χ4n) is 1.18. The second-order valence-corrected chi connectivity index (χ2v) is 4.84. The Morgan fingerprint density at radius 3 is 2.81 bits per heavy atom. The molecule has 2 N–H and O–H groups in total. The van der Waals surface area contributed by atoms with Gasteiger partial charge in [0.05, 0.1) is 12.2 Å². The van der Waals surface area contributed by atoms with Crippen molar-refractivity contribution in [3.05, 3.63) is 35.1 Å². The Balaban J connectivity index is 2.84. The van der Waals surface area contributed by atoms with Crippen LogP contribution >= 0.6 is 11.8 Å². The standard InChI is InChI=1S/C11H13FO3S/c1-7(5-13)16-6-8-4-9(12)2-3-10(8)11(14)15/h2-4,7,13H,5-6H2,1H3,(H,14,15). The monoisotopic (exact) mass is 244 g/mol. The van der Waals surface area contributed by atoms with Crippen molar-refractivity contribution in [1.29, 1.82) is 0 Å². The van der Waals surface area contributed by atoms with E-state index in [2.05, 4.69) is 0 Å². The number of halogens is 1. The minimum atomic E-state index is -1.06. The second kappa shape index (κ2) is 5.86. The zero-order valence-corrected chi connectivity index (χ0v) is 9.63. The van der Waals surface area contributed by atoms with Crippen LogP contribution in [0.3, 0.4) is 0 Å². The molecule has 5 heteroatoms. The third-order valence-electron chi connectivity index (χ3n) is 2.08. The molecule has 0 saturated carbocycles. The lowest BCUT2D eigenvalue weighted by molar-refractivity contribution is 0.0696. The van der Waals surface area contributed by atoms with Gasteiger partial charge in [0.2, 0.25) is 0 Å². The van der Waals surface area contributed by atoms with Crippen molar-refractivity contribution in [3.8, 4) is 0 Å². The number of aromatic carboxylic acids is 1. The van der Waals surface area contributed by atoms with Crippen molar-refractivity contribution in [3.63, 3.8) is 0 Å². The van der Waals surface area contributed by atoms with Gasteiger partial charge in [0.25, 0.3) is 0 Å². The van der Waals surface area contributed by atoms with Gasteiger partial charge < -0.3 is 10.2 Å². The lowest BCUT2D eigenvalue weighted by Gasteiger charge is -2.09. The largest absolute Gasteiger partial charge is 0.478 e. The summed E-state index contributed by atoms with van der Waals surface area (Å²) in [4.78, 5) is 10.9. The van der Waals surface area contributed by atoms with Crippen LogP contribution in [0.4, 0.5) is 4.39 Å². The first-order chi connectivity index (χ1) is 7.54. The lowest BCUT2D eigenvalue weighted by atomic mass is 10.1. The molecule has 1 rings (SSSR count). The highest BCUT2D eigenvalue weighted by atomic mass is 32.2. The van der Waals surface area contributed by atoms with Gasteiger partial charge in [-0.2, -0.15) is 11.8 Å². The highest BCUT2D eigenvalue weighted by Gasteiger charge is 2.12. The third kappa shape index (κ3) is 3.50. The summed E-state index contributed by atoms with van der Waals surface area (Å²) in [5, 5.41) is 17.7. The number of aliphatic hydroxyl groups excluding tert-OH is 1. The normalized spacial score (nSPS) is 12.4. The molecule has 3 nitrogen and oxygen atoms in total. The Morgan fingerprint density at radius 2 is 2.25 bits per heavy atom. The lowest BCUT2D eigenvalue weighted by Crippen LogP contribution is -2.06. The molecule has 0 bridgehead atoms. The number of carbonyl (C=O) groups is 1. The van der Waals surface area contributed by atoms with Crippen LogP contribution in [0.1, 0.15) is 22.8 Å². The molecule has 0 saturated heterocycles. The van der Waals surface area contributed by atoms with Gasteiger partial charge in [-0.05, 0) is 23.8 Å². The molecule has 1 unspecified atom stereocenters. The zero-order valence-electron chi connectivity index (χ0n) is 8.81. The highest BCUT2D eigenvalue weighted by Crippen LogP contribution is 2.21. The number of aliphatic hydroxyl groups is 1. The summed E-state index contributed by atoms with van der Waals surface area (Å²) >= 11 is 1.39. The summed E-state index contributed by atoms with van der Waals surface area (Å²) in [6.07, 6.45) is 0. The maximum atomic E-state index is 13.0. The zero-order chi connectivity index (χ0) is 12.1. The van der Waals surface area contributed by atoms with Crippen LogP contribution in [0.2, 0.25) is 0 Å². The number of thioether (sulfide) groups is 1. The Bertz CT molecular complexity index is 381. The van der Waals surface area contributed by atoms with Crippen LogP contribution in [-0.2, 0) is 5.75 Å². The molecule has 0 spiro atoms. The van der Waals surface area contributed by atoms with Crippen LogP contribution in [0.25, 0.3) is 0 Å². The van der Waals surface area contributed by atoms with E-state index < -0.39 is 11.8 Å². The Hall–Kier alpha value is -1.07. The molecule has 1 aromatic carbocycles. The Labute approximate surface area is 97.3 Å². The smallest absolute Gasteiger partial charge is 0.335 e. The molecule has 1 aromatic rings. The summed E-state index contributed by atoms with van der Waals surface area (Å²) in [7, 11) is 0. The molecule has 0 aromatic heterocycles. The number of carboxylic acids is 1. The molecule has 88 valence electrons. The average molecular weight is 244 g/mol. The van der Waals surface area contributed by atoms with Gasteiger partial charge in [-0.15, -0.1) is 0 Å². The van der Waals surface area contributed by atoms with Crippen molar-refractivity contribution >= 4 is 17.7 Å². The van der Waals surface area contributed by atoms with Crippen LogP contribution in [0.5, 0.6) is 0 Å². The minimum absolute atomic E-state index is 0.00455. The first-order valence-electron chi connectivity index (χ1n) is 4.78. The van der Waals surface area contributed by atoms with Crippen molar-refractivity contribution in [1.82, 2.24) is 0 Å². The van der Waals surface area contributed by atoms with E-state index in [1.807, 2.05) is 6.92 Å². The maximum absolute atomic E-state index is 13.0. The van der Waals surface area contributed by atoms with Crippen LogP contribution in [0, 0.1) is 5.82 Å². The number of benzene rings is 1. The van der Waals surface area contributed by atoms with Gasteiger partial charge in [0, 0.05) is 11.0 Å².